The van der Waals surface area contributed by atoms with E-state index in [4.69, 9.17) is 24.4 Å². The Hall–Kier alpha value is -2.13. The van der Waals surface area contributed by atoms with E-state index in [1.807, 2.05) is 18.2 Å². The van der Waals surface area contributed by atoms with Crippen LogP contribution in [0.4, 0.5) is 0 Å². The molecule has 0 spiro atoms. The van der Waals surface area contributed by atoms with Crippen molar-refractivity contribution in [1.29, 1.82) is 0 Å². The Balaban J connectivity index is 2.24. The minimum Gasteiger partial charge on any atom is -0.370 e. The first-order valence-electron chi connectivity index (χ1n) is 5.40. The lowest BCUT2D eigenvalue weighted by molar-refractivity contribution is 0.837. The van der Waals surface area contributed by atoms with Crippen molar-refractivity contribution in [2.45, 2.75) is 6.42 Å². The SMILES string of the molecule is C#CCN=C(N)NC(=S)NCCc1ccccn1. The van der Waals surface area contributed by atoms with Crippen molar-refractivity contribution >= 4 is 23.3 Å². The zero-order valence-electron chi connectivity index (χ0n) is 9.89. The van der Waals surface area contributed by atoms with Gasteiger partial charge in [-0.2, -0.15) is 0 Å². The minimum absolute atomic E-state index is 0.211. The summed E-state index contributed by atoms with van der Waals surface area (Å²) in [4.78, 5) is 8.06. The van der Waals surface area contributed by atoms with E-state index in [-0.39, 0.29) is 12.5 Å². The van der Waals surface area contributed by atoms with Gasteiger partial charge in [-0.15, -0.1) is 6.42 Å². The van der Waals surface area contributed by atoms with Gasteiger partial charge in [-0.3, -0.25) is 4.98 Å². The van der Waals surface area contributed by atoms with Gasteiger partial charge >= 0.3 is 0 Å². The molecule has 0 aliphatic heterocycles. The van der Waals surface area contributed by atoms with E-state index >= 15 is 0 Å². The summed E-state index contributed by atoms with van der Waals surface area (Å²) >= 11 is 5.04. The van der Waals surface area contributed by atoms with Gasteiger partial charge in [-0.1, -0.05) is 12.0 Å². The molecule has 0 bridgehead atoms. The van der Waals surface area contributed by atoms with Gasteiger partial charge in [0.05, 0.1) is 0 Å². The predicted octanol–water partition coefficient (Wildman–Crippen LogP) is 0.0361. The van der Waals surface area contributed by atoms with Crippen molar-refractivity contribution < 1.29 is 0 Å². The Morgan fingerprint density at radius 1 is 1.56 bits per heavy atom. The second-order valence-electron chi connectivity index (χ2n) is 3.36. The van der Waals surface area contributed by atoms with Gasteiger partial charge in [-0.05, 0) is 24.4 Å². The Morgan fingerprint density at radius 2 is 2.39 bits per heavy atom. The molecule has 1 aromatic heterocycles. The monoisotopic (exact) mass is 261 g/mol. The number of hydrogen-bond acceptors (Lipinski definition) is 3. The lowest BCUT2D eigenvalue weighted by Gasteiger charge is -2.09. The highest BCUT2D eigenvalue weighted by Crippen LogP contribution is 1.92. The van der Waals surface area contributed by atoms with Crippen LogP contribution in [0, 0.1) is 12.3 Å². The molecule has 18 heavy (non-hydrogen) atoms. The summed E-state index contributed by atoms with van der Waals surface area (Å²) in [6.45, 7) is 0.903. The highest BCUT2D eigenvalue weighted by molar-refractivity contribution is 7.80. The van der Waals surface area contributed by atoms with Gasteiger partial charge < -0.3 is 16.4 Å². The molecule has 0 fully saturated rings. The normalized spacial score (nSPS) is 10.5. The number of thiocarbonyl (C=S) groups is 1. The fourth-order valence-electron chi connectivity index (χ4n) is 1.18. The van der Waals surface area contributed by atoms with E-state index in [1.165, 1.54) is 0 Å². The fourth-order valence-corrected chi connectivity index (χ4v) is 1.39. The number of rotatable bonds is 4. The number of aliphatic imine (C=N–C) groups is 1. The van der Waals surface area contributed by atoms with Crippen LogP contribution in [-0.2, 0) is 6.42 Å². The molecule has 94 valence electrons. The van der Waals surface area contributed by atoms with Crippen molar-refractivity contribution in [3.05, 3.63) is 30.1 Å². The van der Waals surface area contributed by atoms with E-state index < -0.39 is 0 Å². The van der Waals surface area contributed by atoms with E-state index in [1.54, 1.807) is 6.20 Å². The average Bonchev–Trinajstić information content (AvgIpc) is 2.37. The van der Waals surface area contributed by atoms with E-state index in [0.29, 0.717) is 11.7 Å². The summed E-state index contributed by atoms with van der Waals surface area (Å²) in [5.74, 6) is 2.57. The van der Waals surface area contributed by atoms with Crippen LogP contribution >= 0.6 is 12.2 Å². The van der Waals surface area contributed by atoms with Crippen LogP contribution in [0.2, 0.25) is 0 Å². The molecule has 6 heteroatoms. The molecule has 0 radical (unpaired) electrons. The first-order valence-corrected chi connectivity index (χ1v) is 5.81. The van der Waals surface area contributed by atoms with Crippen molar-refractivity contribution in [3.63, 3.8) is 0 Å². The molecule has 0 aromatic carbocycles. The number of nitrogens with zero attached hydrogens (tertiary/aromatic N) is 2. The molecular weight excluding hydrogens is 246 g/mol. The number of nitrogens with one attached hydrogen (secondary N) is 2. The molecule has 0 saturated carbocycles. The van der Waals surface area contributed by atoms with Crippen LogP contribution in [0.3, 0.4) is 0 Å². The van der Waals surface area contributed by atoms with Crippen molar-refractivity contribution in [2.24, 2.45) is 10.7 Å². The van der Waals surface area contributed by atoms with Crippen molar-refractivity contribution in [1.82, 2.24) is 15.6 Å². The number of pyridine rings is 1. The summed E-state index contributed by atoms with van der Waals surface area (Å²) in [6.07, 6.45) is 7.60. The second kappa shape index (κ2) is 8.03. The molecular formula is C12H15N5S. The summed E-state index contributed by atoms with van der Waals surface area (Å²) in [5.41, 5.74) is 6.55. The number of guanidine groups is 1. The molecule has 0 aliphatic carbocycles. The van der Waals surface area contributed by atoms with Gasteiger partial charge in [0.1, 0.15) is 6.54 Å². The molecule has 0 aliphatic rings. The number of aromatic nitrogens is 1. The van der Waals surface area contributed by atoms with E-state index in [2.05, 4.69) is 26.5 Å². The molecule has 0 amide bonds. The third-order valence-corrected chi connectivity index (χ3v) is 2.22. The molecule has 0 unspecified atom stereocenters. The van der Waals surface area contributed by atoms with Crippen LogP contribution in [-0.4, -0.2) is 29.1 Å². The Bertz CT molecular complexity index is 449. The summed E-state index contributed by atoms with van der Waals surface area (Å²) in [5, 5.41) is 6.16. The van der Waals surface area contributed by atoms with Crippen LogP contribution in [0.1, 0.15) is 5.69 Å². The molecule has 1 aromatic rings. The Kier molecular flexibility index (Phi) is 6.22. The number of hydrogen-bond donors (Lipinski definition) is 3. The molecule has 5 nitrogen and oxygen atoms in total. The quantitative estimate of drug-likeness (QED) is 0.309. The third-order valence-electron chi connectivity index (χ3n) is 1.98. The highest BCUT2D eigenvalue weighted by Gasteiger charge is 1.98. The van der Waals surface area contributed by atoms with Crippen molar-refractivity contribution in [2.75, 3.05) is 13.1 Å². The lowest BCUT2D eigenvalue weighted by Crippen LogP contribution is -2.43. The van der Waals surface area contributed by atoms with E-state index in [9.17, 15) is 0 Å². The molecule has 1 rings (SSSR count). The molecule has 0 saturated heterocycles. The minimum atomic E-state index is 0.211. The fraction of sp³-hybridized carbons (Fsp3) is 0.250. The van der Waals surface area contributed by atoms with Crippen LogP contribution in [0.5, 0.6) is 0 Å². The van der Waals surface area contributed by atoms with Gasteiger partial charge in [0.15, 0.2) is 11.1 Å². The number of terminal acetylenes is 1. The summed E-state index contributed by atoms with van der Waals surface area (Å²) in [7, 11) is 0. The Labute approximate surface area is 112 Å². The third kappa shape index (κ3) is 5.82. The zero-order valence-corrected chi connectivity index (χ0v) is 10.7. The second-order valence-corrected chi connectivity index (χ2v) is 3.77. The standard InChI is InChI=1S/C12H15N5S/c1-2-7-15-11(13)17-12(18)16-9-6-10-5-3-4-8-14-10/h1,3-5,8H,6-7,9H2,(H4,13,15,16,17,18). The van der Waals surface area contributed by atoms with E-state index in [0.717, 1.165) is 12.1 Å². The largest absolute Gasteiger partial charge is 0.370 e. The highest BCUT2D eigenvalue weighted by atomic mass is 32.1. The van der Waals surface area contributed by atoms with Gasteiger partial charge in [0.2, 0.25) is 0 Å². The molecule has 1 heterocycles. The molecule has 0 atom stereocenters. The predicted molar refractivity (Wildman–Crippen MR) is 77.0 cm³/mol. The molecule has 4 N–H and O–H groups in total. The summed E-state index contributed by atoms with van der Waals surface area (Å²) in [6, 6.07) is 5.79. The first-order chi connectivity index (χ1) is 8.72. The van der Waals surface area contributed by atoms with Crippen LogP contribution in [0.15, 0.2) is 29.4 Å². The van der Waals surface area contributed by atoms with Gasteiger partial charge in [0.25, 0.3) is 0 Å². The van der Waals surface area contributed by atoms with Gasteiger partial charge in [0, 0.05) is 24.9 Å². The summed E-state index contributed by atoms with van der Waals surface area (Å²) < 4.78 is 0. The zero-order chi connectivity index (χ0) is 13.2. The first kappa shape index (κ1) is 13.9. The van der Waals surface area contributed by atoms with Crippen molar-refractivity contribution in [3.8, 4) is 12.3 Å². The topological polar surface area (TPSA) is 75.3 Å². The maximum absolute atomic E-state index is 5.55. The smallest absolute Gasteiger partial charge is 0.195 e. The van der Waals surface area contributed by atoms with Crippen LogP contribution < -0.4 is 16.4 Å². The Morgan fingerprint density at radius 3 is 3.06 bits per heavy atom. The maximum Gasteiger partial charge on any atom is 0.195 e. The lowest BCUT2D eigenvalue weighted by atomic mass is 10.3. The van der Waals surface area contributed by atoms with Gasteiger partial charge in [-0.25, -0.2) is 4.99 Å². The number of nitrogens with two attached hydrogens (primary N) is 1. The maximum atomic E-state index is 5.55. The van der Waals surface area contributed by atoms with Crippen LogP contribution in [0.25, 0.3) is 0 Å². The average molecular weight is 261 g/mol.